The van der Waals surface area contributed by atoms with Gasteiger partial charge in [0.15, 0.2) is 0 Å². The third-order valence-electron chi connectivity index (χ3n) is 3.69. The standard InChI is InChI=1S/C18H20N2O/c1-18(2,19)11-17(21)20-14-7-8-16-13(10-14)9-12-5-3-4-6-15(12)16/h3-8,10H,9,11,19H2,1-2H3,(H,20,21). The van der Waals surface area contributed by atoms with E-state index in [9.17, 15) is 4.79 Å². The molecule has 3 N–H and O–H groups in total. The van der Waals surface area contributed by atoms with Crippen LogP contribution in [0.2, 0.25) is 0 Å². The Bertz CT molecular complexity index is 699. The second-order valence-electron chi connectivity index (χ2n) is 6.42. The Balaban J connectivity index is 1.80. The first kappa shape index (κ1) is 13.8. The largest absolute Gasteiger partial charge is 0.326 e. The molecule has 2 aromatic carbocycles. The van der Waals surface area contributed by atoms with E-state index in [1.807, 2.05) is 19.9 Å². The summed E-state index contributed by atoms with van der Waals surface area (Å²) >= 11 is 0. The second-order valence-corrected chi connectivity index (χ2v) is 6.42. The van der Waals surface area contributed by atoms with Crippen molar-refractivity contribution in [1.29, 1.82) is 0 Å². The Kier molecular flexibility index (Phi) is 3.30. The van der Waals surface area contributed by atoms with Gasteiger partial charge in [0.1, 0.15) is 0 Å². The summed E-state index contributed by atoms with van der Waals surface area (Å²) in [4.78, 5) is 12.0. The molecule has 0 saturated carbocycles. The summed E-state index contributed by atoms with van der Waals surface area (Å²) in [5, 5.41) is 2.94. The molecule has 0 aliphatic heterocycles. The summed E-state index contributed by atoms with van der Waals surface area (Å²) in [6.45, 7) is 3.71. The van der Waals surface area contributed by atoms with Crippen molar-refractivity contribution in [3.05, 3.63) is 53.6 Å². The first-order valence-electron chi connectivity index (χ1n) is 7.22. The molecular formula is C18H20N2O. The third kappa shape index (κ3) is 2.98. The number of hydrogen-bond donors (Lipinski definition) is 2. The van der Waals surface area contributed by atoms with Gasteiger partial charge in [0, 0.05) is 17.6 Å². The molecule has 3 heteroatoms. The van der Waals surface area contributed by atoms with E-state index in [1.165, 1.54) is 22.3 Å². The van der Waals surface area contributed by atoms with Crippen LogP contribution >= 0.6 is 0 Å². The van der Waals surface area contributed by atoms with Crippen LogP contribution in [-0.2, 0) is 11.2 Å². The fourth-order valence-corrected chi connectivity index (χ4v) is 2.84. The molecule has 0 bridgehead atoms. The molecule has 0 saturated heterocycles. The van der Waals surface area contributed by atoms with Crippen molar-refractivity contribution in [3.63, 3.8) is 0 Å². The molecule has 0 unspecified atom stereocenters. The summed E-state index contributed by atoms with van der Waals surface area (Å²) in [5.74, 6) is -0.0436. The first-order chi connectivity index (χ1) is 9.92. The van der Waals surface area contributed by atoms with Gasteiger partial charge in [0.25, 0.3) is 0 Å². The number of benzene rings is 2. The zero-order valence-corrected chi connectivity index (χ0v) is 12.4. The molecule has 108 valence electrons. The van der Waals surface area contributed by atoms with Gasteiger partial charge in [-0.05, 0) is 54.7 Å². The van der Waals surface area contributed by atoms with Crippen LogP contribution in [0, 0.1) is 0 Å². The minimum atomic E-state index is -0.489. The van der Waals surface area contributed by atoms with Gasteiger partial charge in [0.2, 0.25) is 5.91 Å². The summed E-state index contributed by atoms with van der Waals surface area (Å²) in [5.41, 5.74) is 11.4. The summed E-state index contributed by atoms with van der Waals surface area (Å²) < 4.78 is 0. The number of nitrogens with two attached hydrogens (primary N) is 1. The minimum absolute atomic E-state index is 0.0436. The number of hydrogen-bond acceptors (Lipinski definition) is 2. The Labute approximate surface area is 125 Å². The van der Waals surface area contributed by atoms with Crippen molar-refractivity contribution in [1.82, 2.24) is 0 Å². The van der Waals surface area contributed by atoms with Crippen LogP contribution in [0.3, 0.4) is 0 Å². The van der Waals surface area contributed by atoms with Crippen LogP contribution in [0.25, 0.3) is 11.1 Å². The average Bonchev–Trinajstić information content (AvgIpc) is 2.73. The Morgan fingerprint density at radius 1 is 1.14 bits per heavy atom. The van der Waals surface area contributed by atoms with Crippen molar-refractivity contribution in [2.75, 3.05) is 5.32 Å². The number of carbonyl (C=O) groups excluding carboxylic acids is 1. The van der Waals surface area contributed by atoms with Crippen molar-refractivity contribution in [2.24, 2.45) is 5.73 Å². The van der Waals surface area contributed by atoms with Gasteiger partial charge in [-0.1, -0.05) is 30.3 Å². The number of nitrogens with one attached hydrogen (secondary N) is 1. The van der Waals surface area contributed by atoms with Crippen LogP contribution in [-0.4, -0.2) is 11.4 Å². The zero-order valence-electron chi connectivity index (χ0n) is 12.4. The van der Waals surface area contributed by atoms with Gasteiger partial charge in [-0.15, -0.1) is 0 Å². The van der Waals surface area contributed by atoms with Crippen LogP contribution in [0.4, 0.5) is 5.69 Å². The molecule has 0 heterocycles. The van der Waals surface area contributed by atoms with E-state index < -0.39 is 5.54 Å². The molecule has 0 spiro atoms. The lowest BCUT2D eigenvalue weighted by atomic mass is 10.0. The smallest absolute Gasteiger partial charge is 0.226 e. The molecular weight excluding hydrogens is 260 g/mol. The maximum Gasteiger partial charge on any atom is 0.226 e. The monoisotopic (exact) mass is 280 g/mol. The van der Waals surface area contributed by atoms with E-state index in [2.05, 4.69) is 41.7 Å². The van der Waals surface area contributed by atoms with Crippen molar-refractivity contribution < 1.29 is 4.79 Å². The second kappa shape index (κ2) is 5.01. The highest BCUT2D eigenvalue weighted by Crippen LogP contribution is 2.37. The molecule has 2 aromatic rings. The molecule has 3 nitrogen and oxygen atoms in total. The fourth-order valence-electron chi connectivity index (χ4n) is 2.84. The maximum atomic E-state index is 12.0. The van der Waals surface area contributed by atoms with E-state index in [0.29, 0.717) is 6.42 Å². The average molecular weight is 280 g/mol. The summed E-state index contributed by atoms with van der Waals surface area (Å²) in [6, 6.07) is 14.5. The number of carbonyl (C=O) groups is 1. The molecule has 0 aromatic heterocycles. The Morgan fingerprint density at radius 2 is 1.86 bits per heavy atom. The quantitative estimate of drug-likeness (QED) is 0.773. The maximum absolute atomic E-state index is 12.0. The number of amides is 1. The zero-order chi connectivity index (χ0) is 15.0. The molecule has 1 aliphatic rings. The van der Waals surface area contributed by atoms with Gasteiger partial charge in [-0.25, -0.2) is 0 Å². The summed E-state index contributed by atoms with van der Waals surface area (Å²) in [6.07, 6.45) is 1.24. The normalized spacial score (nSPS) is 12.7. The number of anilines is 1. The van der Waals surface area contributed by atoms with E-state index in [4.69, 9.17) is 5.73 Å². The number of fused-ring (bicyclic) bond motifs is 3. The lowest BCUT2D eigenvalue weighted by Crippen LogP contribution is -2.36. The van der Waals surface area contributed by atoms with Gasteiger partial charge in [-0.2, -0.15) is 0 Å². The number of rotatable bonds is 3. The van der Waals surface area contributed by atoms with E-state index in [1.54, 1.807) is 0 Å². The van der Waals surface area contributed by atoms with Crippen molar-refractivity contribution in [3.8, 4) is 11.1 Å². The van der Waals surface area contributed by atoms with Gasteiger partial charge in [0.05, 0.1) is 0 Å². The highest BCUT2D eigenvalue weighted by Gasteiger charge is 2.19. The minimum Gasteiger partial charge on any atom is -0.326 e. The lowest BCUT2D eigenvalue weighted by Gasteiger charge is -2.17. The van der Waals surface area contributed by atoms with E-state index in [-0.39, 0.29) is 5.91 Å². The molecule has 0 atom stereocenters. The highest BCUT2D eigenvalue weighted by atomic mass is 16.1. The lowest BCUT2D eigenvalue weighted by molar-refractivity contribution is -0.117. The molecule has 3 rings (SSSR count). The molecule has 21 heavy (non-hydrogen) atoms. The van der Waals surface area contributed by atoms with Crippen LogP contribution in [0.1, 0.15) is 31.4 Å². The van der Waals surface area contributed by atoms with Crippen LogP contribution in [0.15, 0.2) is 42.5 Å². The molecule has 0 radical (unpaired) electrons. The van der Waals surface area contributed by atoms with Crippen molar-refractivity contribution in [2.45, 2.75) is 32.2 Å². The van der Waals surface area contributed by atoms with Crippen molar-refractivity contribution >= 4 is 11.6 Å². The predicted octanol–water partition coefficient (Wildman–Crippen LogP) is 3.32. The van der Waals surface area contributed by atoms with Gasteiger partial charge in [-0.3, -0.25) is 4.79 Å². The summed E-state index contributed by atoms with van der Waals surface area (Å²) in [7, 11) is 0. The molecule has 1 aliphatic carbocycles. The fraction of sp³-hybridized carbons (Fsp3) is 0.278. The Hall–Kier alpha value is -2.13. The predicted molar refractivity (Wildman–Crippen MR) is 86.2 cm³/mol. The van der Waals surface area contributed by atoms with Crippen LogP contribution < -0.4 is 11.1 Å². The molecule has 0 fully saturated rings. The van der Waals surface area contributed by atoms with E-state index in [0.717, 1.165) is 12.1 Å². The molecule has 1 amide bonds. The van der Waals surface area contributed by atoms with E-state index >= 15 is 0 Å². The SMILES string of the molecule is CC(C)(N)CC(=O)Nc1ccc2c(c1)Cc1ccccc1-2. The van der Waals surface area contributed by atoms with Gasteiger partial charge < -0.3 is 11.1 Å². The van der Waals surface area contributed by atoms with Gasteiger partial charge >= 0.3 is 0 Å². The first-order valence-corrected chi connectivity index (χ1v) is 7.22. The highest BCUT2D eigenvalue weighted by molar-refractivity contribution is 5.92. The van der Waals surface area contributed by atoms with Crippen LogP contribution in [0.5, 0.6) is 0 Å². The third-order valence-corrected chi connectivity index (χ3v) is 3.69. The Morgan fingerprint density at radius 3 is 2.62 bits per heavy atom. The topological polar surface area (TPSA) is 55.1 Å².